The van der Waals surface area contributed by atoms with E-state index in [4.69, 9.17) is 0 Å². The molecule has 0 radical (unpaired) electrons. The summed E-state index contributed by atoms with van der Waals surface area (Å²) in [5, 5.41) is 2.92. The molecule has 2 nitrogen and oxygen atoms in total. The molecule has 2 aromatic carbocycles. The summed E-state index contributed by atoms with van der Waals surface area (Å²) in [7, 11) is 0. The Morgan fingerprint density at radius 3 is 2.75 bits per heavy atom. The molecule has 3 rings (SSSR count). The minimum Gasteiger partial charge on any atom is -0.333 e. The largest absolute Gasteiger partial charge is 0.333 e. The fourth-order valence-electron chi connectivity index (χ4n) is 2.40. The van der Waals surface area contributed by atoms with E-state index in [1.807, 2.05) is 32.0 Å². The number of hydrogen-bond acceptors (Lipinski definition) is 2. The SMILES string of the molecule is Cc1ccc(F)c(C2(C)NC(=O)c3ccccc3S2)c1. The average Bonchev–Trinajstić information content (AvgIpc) is 2.41. The smallest absolute Gasteiger partial charge is 0.253 e. The summed E-state index contributed by atoms with van der Waals surface area (Å²) in [5.41, 5.74) is 2.12. The van der Waals surface area contributed by atoms with Crippen LogP contribution >= 0.6 is 11.8 Å². The van der Waals surface area contributed by atoms with Gasteiger partial charge in [-0.05, 0) is 38.1 Å². The lowest BCUT2D eigenvalue weighted by Gasteiger charge is -2.35. The van der Waals surface area contributed by atoms with Gasteiger partial charge in [0.1, 0.15) is 10.7 Å². The van der Waals surface area contributed by atoms with Crippen molar-refractivity contribution in [1.29, 1.82) is 0 Å². The number of benzene rings is 2. The lowest BCUT2D eigenvalue weighted by Crippen LogP contribution is -2.44. The molecule has 20 heavy (non-hydrogen) atoms. The molecule has 0 saturated carbocycles. The third-order valence-electron chi connectivity index (χ3n) is 3.43. The van der Waals surface area contributed by atoms with Gasteiger partial charge in [0.05, 0.1) is 5.56 Å². The van der Waals surface area contributed by atoms with Gasteiger partial charge in [-0.25, -0.2) is 4.39 Å². The van der Waals surface area contributed by atoms with Crippen LogP contribution in [0.25, 0.3) is 0 Å². The van der Waals surface area contributed by atoms with E-state index in [2.05, 4.69) is 5.32 Å². The molecule has 1 unspecified atom stereocenters. The van der Waals surface area contributed by atoms with E-state index in [1.54, 1.807) is 18.2 Å². The highest BCUT2D eigenvalue weighted by molar-refractivity contribution is 8.00. The Morgan fingerprint density at radius 1 is 1.20 bits per heavy atom. The van der Waals surface area contributed by atoms with Gasteiger partial charge in [-0.2, -0.15) is 0 Å². The van der Waals surface area contributed by atoms with Gasteiger partial charge < -0.3 is 5.32 Å². The molecular weight excluding hydrogens is 273 g/mol. The lowest BCUT2D eigenvalue weighted by molar-refractivity contribution is 0.0924. The molecule has 0 aromatic heterocycles. The third-order valence-corrected chi connectivity index (χ3v) is 4.74. The summed E-state index contributed by atoms with van der Waals surface area (Å²) < 4.78 is 14.1. The zero-order chi connectivity index (χ0) is 14.3. The van der Waals surface area contributed by atoms with Crippen molar-refractivity contribution in [3.05, 3.63) is 65.0 Å². The second-order valence-corrected chi connectivity index (χ2v) is 6.53. The number of amides is 1. The third kappa shape index (κ3) is 2.10. The van der Waals surface area contributed by atoms with Crippen LogP contribution in [0, 0.1) is 12.7 Å². The van der Waals surface area contributed by atoms with Gasteiger partial charge in [-0.3, -0.25) is 4.79 Å². The number of carbonyl (C=O) groups is 1. The molecule has 1 heterocycles. The standard InChI is InChI=1S/C16H14FNOS/c1-10-7-8-13(17)12(9-10)16(2)18-15(19)11-5-3-4-6-14(11)20-16/h3-9H,1-2H3,(H,18,19). The van der Waals surface area contributed by atoms with Gasteiger partial charge in [0.25, 0.3) is 5.91 Å². The Labute approximate surface area is 121 Å². The highest BCUT2D eigenvalue weighted by Crippen LogP contribution is 2.44. The first kappa shape index (κ1) is 13.2. The molecule has 0 aliphatic carbocycles. The molecular formula is C16H14FNOS. The minimum absolute atomic E-state index is 0.164. The van der Waals surface area contributed by atoms with Crippen molar-refractivity contribution < 1.29 is 9.18 Å². The number of aryl methyl sites for hydroxylation is 1. The first-order valence-electron chi connectivity index (χ1n) is 6.37. The number of thioether (sulfide) groups is 1. The van der Waals surface area contributed by atoms with Crippen LogP contribution in [-0.4, -0.2) is 5.91 Å². The zero-order valence-corrected chi connectivity index (χ0v) is 12.1. The van der Waals surface area contributed by atoms with Crippen LogP contribution in [0.3, 0.4) is 0 Å². The monoisotopic (exact) mass is 287 g/mol. The van der Waals surface area contributed by atoms with E-state index in [0.29, 0.717) is 11.1 Å². The van der Waals surface area contributed by atoms with E-state index >= 15 is 0 Å². The van der Waals surface area contributed by atoms with E-state index < -0.39 is 4.87 Å². The minimum atomic E-state index is -0.790. The van der Waals surface area contributed by atoms with Crippen LogP contribution in [0.2, 0.25) is 0 Å². The summed E-state index contributed by atoms with van der Waals surface area (Å²) >= 11 is 1.47. The quantitative estimate of drug-likeness (QED) is 0.863. The molecule has 1 atom stereocenters. The first-order valence-corrected chi connectivity index (χ1v) is 7.18. The van der Waals surface area contributed by atoms with Crippen LogP contribution in [0.1, 0.15) is 28.4 Å². The Kier molecular flexibility index (Phi) is 3.05. The molecule has 1 N–H and O–H groups in total. The topological polar surface area (TPSA) is 29.1 Å². The maximum atomic E-state index is 14.1. The van der Waals surface area contributed by atoms with Crippen molar-refractivity contribution in [2.75, 3.05) is 0 Å². The Hall–Kier alpha value is -1.81. The Bertz CT molecular complexity index is 701. The van der Waals surface area contributed by atoms with Crippen molar-refractivity contribution in [3.8, 4) is 0 Å². The van der Waals surface area contributed by atoms with Crippen molar-refractivity contribution in [1.82, 2.24) is 5.32 Å². The number of halogens is 1. The number of rotatable bonds is 1. The maximum Gasteiger partial charge on any atom is 0.253 e. The van der Waals surface area contributed by atoms with Crippen molar-refractivity contribution in [2.24, 2.45) is 0 Å². The van der Waals surface area contributed by atoms with E-state index in [9.17, 15) is 9.18 Å². The van der Waals surface area contributed by atoms with E-state index in [-0.39, 0.29) is 11.7 Å². The van der Waals surface area contributed by atoms with Gasteiger partial charge in [-0.1, -0.05) is 35.5 Å². The molecule has 102 valence electrons. The second kappa shape index (κ2) is 4.63. The summed E-state index contributed by atoms with van der Waals surface area (Å²) in [6.07, 6.45) is 0. The molecule has 0 saturated heterocycles. The number of hydrogen-bond donors (Lipinski definition) is 1. The molecule has 2 aromatic rings. The second-order valence-electron chi connectivity index (χ2n) is 5.07. The van der Waals surface area contributed by atoms with Crippen molar-refractivity contribution >= 4 is 17.7 Å². The van der Waals surface area contributed by atoms with Crippen LogP contribution in [0.5, 0.6) is 0 Å². The fourth-order valence-corrected chi connectivity index (χ4v) is 3.67. The maximum absolute atomic E-state index is 14.1. The molecule has 0 bridgehead atoms. The normalized spacial score (nSPS) is 21.2. The van der Waals surface area contributed by atoms with Crippen molar-refractivity contribution in [2.45, 2.75) is 23.6 Å². The number of fused-ring (bicyclic) bond motifs is 1. The summed E-state index contributed by atoms with van der Waals surface area (Å²) in [5.74, 6) is -0.465. The predicted octanol–water partition coefficient (Wildman–Crippen LogP) is 3.84. The fraction of sp³-hybridized carbons (Fsp3) is 0.188. The van der Waals surface area contributed by atoms with Crippen molar-refractivity contribution in [3.63, 3.8) is 0 Å². The highest BCUT2D eigenvalue weighted by Gasteiger charge is 2.37. The molecule has 1 aliphatic heterocycles. The Morgan fingerprint density at radius 2 is 1.95 bits per heavy atom. The van der Waals surface area contributed by atoms with Gasteiger partial charge in [0.15, 0.2) is 0 Å². The predicted molar refractivity (Wildman–Crippen MR) is 78.3 cm³/mol. The first-order chi connectivity index (χ1) is 9.49. The van der Waals surface area contributed by atoms with E-state index in [0.717, 1.165) is 10.5 Å². The van der Waals surface area contributed by atoms with Gasteiger partial charge in [-0.15, -0.1) is 0 Å². The molecule has 1 amide bonds. The highest BCUT2D eigenvalue weighted by atomic mass is 32.2. The van der Waals surface area contributed by atoms with Gasteiger partial charge in [0, 0.05) is 10.5 Å². The summed E-state index contributed by atoms with van der Waals surface area (Å²) in [6, 6.07) is 12.4. The molecule has 4 heteroatoms. The number of carbonyl (C=O) groups excluding carboxylic acids is 1. The zero-order valence-electron chi connectivity index (χ0n) is 11.2. The van der Waals surface area contributed by atoms with Crippen LogP contribution in [0.4, 0.5) is 4.39 Å². The molecule has 0 spiro atoms. The van der Waals surface area contributed by atoms with E-state index in [1.165, 1.54) is 17.8 Å². The van der Waals surface area contributed by atoms with Gasteiger partial charge in [0.2, 0.25) is 0 Å². The Balaban J connectivity index is 2.11. The van der Waals surface area contributed by atoms with Crippen LogP contribution in [0.15, 0.2) is 47.4 Å². The molecule has 1 aliphatic rings. The number of nitrogens with one attached hydrogen (secondary N) is 1. The average molecular weight is 287 g/mol. The van der Waals surface area contributed by atoms with Gasteiger partial charge >= 0.3 is 0 Å². The summed E-state index contributed by atoms with van der Waals surface area (Å²) in [4.78, 5) is 12.3. The molecule has 0 fully saturated rings. The summed E-state index contributed by atoms with van der Waals surface area (Å²) in [6.45, 7) is 3.75. The lowest BCUT2D eigenvalue weighted by atomic mass is 10.0. The van der Waals surface area contributed by atoms with Crippen LogP contribution < -0.4 is 5.32 Å². The van der Waals surface area contributed by atoms with Crippen LogP contribution in [-0.2, 0) is 4.87 Å².